The maximum atomic E-state index is 10.5. The Morgan fingerprint density at radius 3 is 2.66 bits per heavy atom. The van der Waals surface area contributed by atoms with Crippen molar-refractivity contribution in [3.63, 3.8) is 0 Å². The number of rotatable bonds is 4. The number of fused-ring (bicyclic) bond motifs is 1. The second-order valence-electron chi connectivity index (χ2n) is 7.68. The number of nitrogens with one attached hydrogen (secondary N) is 1. The lowest BCUT2D eigenvalue weighted by atomic mass is 10.00. The van der Waals surface area contributed by atoms with Gasteiger partial charge in [-0.2, -0.15) is 0 Å². The Bertz CT molecular complexity index is 978. The van der Waals surface area contributed by atoms with Gasteiger partial charge in [0.25, 0.3) is 0 Å². The molecule has 7 heteroatoms. The molecule has 0 saturated carbocycles. The minimum atomic E-state index is -0.524. The number of ether oxygens (including phenoxy) is 2. The first-order valence-electron chi connectivity index (χ1n) is 11.0. The van der Waals surface area contributed by atoms with Crippen LogP contribution in [0.15, 0.2) is 58.6 Å². The third-order valence-corrected chi connectivity index (χ3v) is 5.49. The topological polar surface area (TPSA) is 67.5 Å². The fraction of sp³-hybridized carbons (Fsp3) is 0.440. The highest BCUT2D eigenvalue weighted by Gasteiger charge is 2.35. The molecule has 0 aliphatic carbocycles. The number of hydrogen-bond acceptors (Lipinski definition) is 4. The van der Waals surface area contributed by atoms with Crippen molar-refractivity contribution in [2.45, 2.75) is 52.9 Å². The Hall–Kier alpha value is -2.22. The molecule has 3 heterocycles. The third-order valence-electron chi connectivity index (χ3n) is 4.99. The maximum Gasteiger partial charge on any atom is 0.210 e. The minimum Gasteiger partial charge on any atom is -0.347 e. The van der Waals surface area contributed by atoms with E-state index in [1.165, 1.54) is 5.57 Å². The van der Waals surface area contributed by atoms with E-state index >= 15 is 0 Å². The van der Waals surface area contributed by atoms with Crippen LogP contribution in [0.1, 0.15) is 53.0 Å². The SMILES string of the molecule is C=CC1=C(/C=C\C)CCN(C=O)C1.CC.CC1(C)OC[C@H](c2nc3ccc(Br)cc3[nH]2)O1. The van der Waals surface area contributed by atoms with Gasteiger partial charge in [0.2, 0.25) is 6.41 Å². The summed E-state index contributed by atoms with van der Waals surface area (Å²) in [6.45, 7) is 15.6. The summed E-state index contributed by atoms with van der Waals surface area (Å²) in [5.41, 5.74) is 4.41. The summed E-state index contributed by atoms with van der Waals surface area (Å²) in [5.74, 6) is 0.299. The van der Waals surface area contributed by atoms with Crippen LogP contribution in [0.2, 0.25) is 0 Å². The van der Waals surface area contributed by atoms with Gasteiger partial charge in [0.05, 0.1) is 17.6 Å². The van der Waals surface area contributed by atoms with Gasteiger partial charge in [-0.3, -0.25) is 4.79 Å². The van der Waals surface area contributed by atoms with Crippen molar-refractivity contribution in [1.29, 1.82) is 0 Å². The van der Waals surface area contributed by atoms with Gasteiger partial charge in [0.1, 0.15) is 11.9 Å². The average Bonchev–Trinajstić information content (AvgIpc) is 3.38. The number of carbonyl (C=O) groups excluding carboxylic acids is 1. The van der Waals surface area contributed by atoms with Crippen LogP contribution in [0.4, 0.5) is 0 Å². The van der Waals surface area contributed by atoms with Crippen LogP contribution in [-0.2, 0) is 14.3 Å². The first-order chi connectivity index (χ1) is 15.3. The Kier molecular flexibility index (Phi) is 9.87. The highest BCUT2D eigenvalue weighted by Crippen LogP contribution is 2.32. The van der Waals surface area contributed by atoms with Crippen molar-refractivity contribution in [2.24, 2.45) is 0 Å². The summed E-state index contributed by atoms with van der Waals surface area (Å²) in [6, 6.07) is 5.95. The lowest BCUT2D eigenvalue weighted by Crippen LogP contribution is -2.29. The molecule has 1 amide bonds. The number of aromatic nitrogens is 2. The summed E-state index contributed by atoms with van der Waals surface area (Å²) >= 11 is 3.44. The summed E-state index contributed by atoms with van der Waals surface area (Å²) in [6.07, 6.45) is 7.68. The number of hydrogen-bond donors (Lipinski definition) is 1. The molecule has 0 spiro atoms. The zero-order chi connectivity index (χ0) is 23.7. The third kappa shape index (κ3) is 6.89. The molecule has 1 aromatic carbocycles. The zero-order valence-corrected chi connectivity index (χ0v) is 21.2. The molecule has 1 atom stereocenters. The molecule has 0 bridgehead atoms. The molecule has 1 fully saturated rings. The van der Waals surface area contributed by atoms with Crippen molar-refractivity contribution in [3.05, 3.63) is 64.4 Å². The molecule has 1 N–H and O–H groups in total. The molecule has 2 aliphatic heterocycles. The monoisotopic (exact) mass is 503 g/mol. The summed E-state index contributed by atoms with van der Waals surface area (Å²) < 4.78 is 12.3. The largest absolute Gasteiger partial charge is 0.347 e. The molecule has 0 unspecified atom stereocenters. The fourth-order valence-corrected chi connectivity index (χ4v) is 3.84. The smallest absolute Gasteiger partial charge is 0.210 e. The molecule has 2 aromatic rings. The van der Waals surface area contributed by atoms with E-state index in [1.54, 1.807) is 4.90 Å². The number of allylic oxidation sites excluding steroid dienone is 2. The lowest BCUT2D eigenvalue weighted by molar-refractivity contribution is -0.139. The van der Waals surface area contributed by atoms with Gasteiger partial charge in [-0.25, -0.2) is 4.98 Å². The van der Waals surface area contributed by atoms with Crippen LogP contribution in [0.3, 0.4) is 0 Å². The summed E-state index contributed by atoms with van der Waals surface area (Å²) in [4.78, 5) is 20.1. The summed E-state index contributed by atoms with van der Waals surface area (Å²) in [7, 11) is 0. The van der Waals surface area contributed by atoms with Gasteiger partial charge in [-0.15, -0.1) is 0 Å². The van der Waals surface area contributed by atoms with Gasteiger partial charge in [-0.1, -0.05) is 54.6 Å². The van der Waals surface area contributed by atoms with Crippen molar-refractivity contribution >= 4 is 33.4 Å². The van der Waals surface area contributed by atoms with E-state index < -0.39 is 5.79 Å². The van der Waals surface area contributed by atoms with Gasteiger partial charge in [0.15, 0.2) is 5.79 Å². The number of benzene rings is 1. The van der Waals surface area contributed by atoms with Crippen LogP contribution in [0.25, 0.3) is 11.0 Å². The van der Waals surface area contributed by atoms with E-state index in [1.807, 2.05) is 65.0 Å². The molecule has 6 nitrogen and oxygen atoms in total. The molecule has 174 valence electrons. The number of amides is 1. The predicted octanol–water partition coefficient (Wildman–Crippen LogP) is 6.08. The van der Waals surface area contributed by atoms with E-state index in [0.717, 1.165) is 46.3 Å². The molecular formula is C25H34BrN3O3. The van der Waals surface area contributed by atoms with Crippen molar-refractivity contribution < 1.29 is 14.3 Å². The quantitative estimate of drug-likeness (QED) is 0.513. The minimum absolute atomic E-state index is 0.115. The second kappa shape index (κ2) is 12.1. The Morgan fingerprint density at radius 1 is 1.31 bits per heavy atom. The molecule has 1 saturated heterocycles. The highest BCUT2D eigenvalue weighted by molar-refractivity contribution is 9.10. The van der Waals surface area contributed by atoms with Gasteiger partial charge >= 0.3 is 0 Å². The lowest BCUT2D eigenvalue weighted by Gasteiger charge is -2.25. The van der Waals surface area contributed by atoms with Gasteiger partial charge < -0.3 is 19.4 Å². The molecule has 32 heavy (non-hydrogen) atoms. The number of aromatic amines is 1. The maximum absolute atomic E-state index is 10.5. The first kappa shape index (κ1) is 26.0. The predicted molar refractivity (Wildman–Crippen MR) is 133 cm³/mol. The number of carbonyl (C=O) groups is 1. The van der Waals surface area contributed by atoms with Crippen LogP contribution in [-0.4, -0.2) is 46.8 Å². The van der Waals surface area contributed by atoms with E-state index in [4.69, 9.17) is 9.47 Å². The first-order valence-corrected chi connectivity index (χ1v) is 11.8. The number of halogens is 1. The Labute approximate surface area is 199 Å². The van der Waals surface area contributed by atoms with Gasteiger partial charge in [-0.05, 0) is 56.5 Å². The van der Waals surface area contributed by atoms with E-state index in [0.29, 0.717) is 13.2 Å². The Balaban J connectivity index is 0.000000218. The van der Waals surface area contributed by atoms with Crippen molar-refractivity contribution in [1.82, 2.24) is 14.9 Å². The fourth-order valence-electron chi connectivity index (χ4n) is 3.48. The zero-order valence-electron chi connectivity index (χ0n) is 19.7. The molecule has 1 aromatic heterocycles. The van der Waals surface area contributed by atoms with Crippen LogP contribution >= 0.6 is 15.9 Å². The number of H-pyrrole nitrogens is 1. The van der Waals surface area contributed by atoms with Crippen LogP contribution < -0.4 is 0 Å². The number of imidazole rings is 1. The normalized spacial score (nSPS) is 19.9. The van der Waals surface area contributed by atoms with E-state index in [-0.39, 0.29) is 6.10 Å². The molecule has 0 radical (unpaired) electrons. The van der Waals surface area contributed by atoms with Crippen molar-refractivity contribution in [2.75, 3.05) is 19.7 Å². The average molecular weight is 504 g/mol. The van der Waals surface area contributed by atoms with E-state index in [9.17, 15) is 4.79 Å². The molecule has 4 rings (SSSR count). The second-order valence-corrected chi connectivity index (χ2v) is 8.60. The van der Waals surface area contributed by atoms with Crippen LogP contribution in [0.5, 0.6) is 0 Å². The van der Waals surface area contributed by atoms with Crippen molar-refractivity contribution in [3.8, 4) is 0 Å². The standard InChI is InChI=1S/C12H13BrN2O2.C11H15NO.C2H6/c1-12(2)16-6-10(17-12)11-14-8-4-3-7(13)5-9(8)15-11;1-3-5-11-6-7-12(9-13)8-10(11)4-2;1-2/h3-5,10H,6H2,1-2H3,(H,14,15);3-5,9H,2,6-8H2,1H3;1-2H3/b;5-3-;/t10-;;/m1../s1. The van der Waals surface area contributed by atoms with Crippen LogP contribution in [0, 0.1) is 0 Å². The molecule has 2 aliphatic rings. The summed E-state index contributed by atoms with van der Waals surface area (Å²) in [5, 5.41) is 0. The number of nitrogens with zero attached hydrogens (tertiary/aromatic N) is 2. The Morgan fingerprint density at radius 2 is 2.06 bits per heavy atom. The highest BCUT2D eigenvalue weighted by atomic mass is 79.9. The van der Waals surface area contributed by atoms with Gasteiger partial charge in [0, 0.05) is 17.6 Å². The molecular weight excluding hydrogens is 470 g/mol. The van der Waals surface area contributed by atoms with E-state index in [2.05, 4.69) is 38.6 Å².